The van der Waals surface area contributed by atoms with Crippen molar-refractivity contribution in [2.24, 2.45) is 0 Å². The topological polar surface area (TPSA) is 20.3 Å². The van der Waals surface area contributed by atoms with Crippen molar-refractivity contribution in [3.05, 3.63) is 85.6 Å². The maximum absolute atomic E-state index is 12.4. The van der Waals surface area contributed by atoms with Crippen LogP contribution in [0, 0.1) is 0 Å². The molecular formula is C23H35NO. The van der Waals surface area contributed by atoms with E-state index in [0.29, 0.717) is 6.42 Å². The van der Waals surface area contributed by atoms with Crippen LogP contribution in [0.2, 0.25) is 0 Å². The lowest BCUT2D eigenvalue weighted by Crippen LogP contribution is -2.26. The number of carbonyl (C=O) groups is 1. The van der Waals surface area contributed by atoms with Crippen LogP contribution in [0.1, 0.15) is 52.0 Å². The van der Waals surface area contributed by atoms with E-state index >= 15 is 0 Å². The molecule has 0 aliphatic heterocycles. The molecule has 1 atom stereocenters. The summed E-state index contributed by atoms with van der Waals surface area (Å²) in [6, 6.07) is 10.1. The number of carbonyl (C=O) groups excluding carboxylic acids is 1. The summed E-state index contributed by atoms with van der Waals surface area (Å²) in [6.07, 6.45) is 8.16. The molecule has 0 aromatic heterocycles. The second kappa shape index (κ2) is 16.5. The molecule has 0 bridgehead atoms. The summed E-state index contributed by atoms with van der Waals surface area (Å²) in [5.74, 6) is 0.201. The third-order valence-electron chi connectivity index (χ3n) is 3.40. The third-order valence-corrected chi connectivity index (χ3v) is 3.40. The highest BCUT2D eigenvalue weighted by Crippen LogP contribution is 2.25. The summed E-state index contributed by atoms with van der Waals surface area (Å²) >= 11 is 0. The van der Waals surface area contributed by atoms with Gasteiger partial charge in [-0.3, -0.25) is 4.79 Å². The molecule has 0 aliphatic carbocycles. The third kappa shape index (κ3) is 9.51. The van der Waals surface area contributed by atoms with E-state index in [-0.39, 0.29) is 11.8 Å². The molecule has 0 saturated heterocycles. The minimum atomic E-state index is 0.0544. The van der Waals surface area contributed by atoms with Gasteiger partial charge in [-0.2, -0.15) is 0 Å². The summed E-state index contributed by atoms with van der Waals surface area (Å²) in [5, 5.41) is 0. The highest BCUT2D eigenvalue weighted by Gasteiger charge is 2.18. The highest BCUT2D eigenvalue weighted by molar-refractivity contribution is 5.79. The van der Waals surface area contributed by atoms with Crippen LogP contribution in [-0.4, -0.2) is 17.9 Å². The van der Waals surface area contributed by atoms with E-state index in [1.54, 1.807) is 30.2 Å². The first-order chi connectivity index (χ1) is 12.1. The Morgan fingerprint density at radius 3 is 2.08 bits per heavy atom. The maximum Gasteiger partial charge on any atom is 0.227 e. The van der Waals surface area contributed by atoms with Gasteiger partial charge in [-0.15, -0.1) is 6.58 Å². The minimum Gasteiger partial charge on any atom is -0.316 e. The molecule has 0 unspecified atom stereocenters. The zero-order valence-corrected chi connectivity index (χ0v) is 16.7. The molecule has 1 amide bonds. The first-order valence-electron chi connectivity index (χ1n) is 9.01. The van der Waals surface area contributed by atoms with Crippen molar-refractivity contribution in [2.45, 2.75) is 46.5 Å². The molecule has 0 spiro atoms. The van der Waals surface area contributed by atoms with Crippen LogP contribution in [-0.2, 0) is 4.79 Å². The van der Waals surface area contributed by atoms with Crippen LogP contribution in [0.15, 0.2) is 80.1 Å². The van der Waals surface area contributed by atoms with Crippen molar-refractivity contribution in [1.82, 2.24) is 4.90 Å². The first-order valence-corrected chi connectivity index (χ1v) is 9.01. The average Bonchev–Trinajstić information content (AvgIpc) is 2.69. The number of benzene rings is 1. The lowest BCUT2D eigenvalue weighted by Gasteiger charge is -2.22. The molecule has 0 N–H and O–H groups in total. The Hall–Kier alpha value is -2.35. The number of rotatable bonds is 8. The molecule has 138 valence electrons. The lowest BCUT2D eigenvalue weighted by molar-refractivity contribution is -0.128. The molecular weight excluding hydrogens is 306 g/mol. The molecule has 0 radical (unpaired) electrons. The van der Waals surface area contributed by atoms with Gasteiger partial charge in [-0.1, -0.05) is 83.3 Å². The monoisotopic (exact) mass is 341 g/mol. The number of likely N-dealkylation sites (N-methyl/N-ethyl adjacent to an activating group) is 1. The Balaban J connectivity index is 0. The number of hydrogen-bond donors (Lipinski definition) is 0. The molecule has 0 fully saturated rings. The summed E-state index contributed by atoms with van der Waals surface area (Å²) in [7, 11) is 1.76. The molecule has 1 aromatic carbocycles. The zero-order chi connectivity index (χ0) is 19.7. The summed E-state index contributed by atoms with van der Waals surface area (Å²) in [6.45, 7) is 19.2. The van der Waals surface area contributed by atoms with Crippen molar-refractivity contribution >= 4 is 5.91 Å². The van der Waals surface area contributed by atoms with Gasteiger partial charge in [-0.05, 0) is 30.1 Å². The van der Waals surface area contributed by atoms with Crippen LogP contribution in [0.5, 0.6) is 0 Å². The van der Waals surface area contributed by atoms with E-state index < -0.39 is 0 Å². The van der Waals surface area contributed by atoms with E-state index in [9.17, 15) is 4.79 Å². The molecule has 0 heterocycles. The van der Waals surface area contributed by atoms with E-state index in [4.69, 9.17) is 0 Å². The van der Waals surface area contributed by atoms with E-state index in [2.05, 4.69) is 31.9 Å². The molecule has 2 nitrogen and oxygen atoms in total. The van der Waals surface area contributed by atoms with Crippen LogP contribution in [0.25, 0.3) is 0 Å². The molecule has 1 aromatic rings. The van der Waals surface area contributed by atoms with Crippen LogP contribution in [0.3, 0.4) is 0 Å². The standard InChI is InChI=1S/C19H23NO.2C2H6/c1-5-11-17(16-13-9-8-10-14-16)15-19(21)20(4)18(7-3)12-6-2;2*1-2/h5-10,12-14,17H,1-3,11,15H2,4H3;2*1-2H3/b18-12+;;/t17-;;/m1../s1. The first kappa shape index (κ1) is 24.9. The average molecular weight is 342 g/mol. The summed E-state index contributed by atoms with van der Waals surface area (Å²) in [4.78, 5) is 14.1. The van der Waals surface area contributed by atoms with Crippen LogP contribution < -0.4 is 0 Å². The van der Waals surface area contributed by atoms with Gasteiger partial charge >= 0.3 is 0 Å². The summed E-state index contributed by atoms with van der Waals surface area (Å²) < 4.78 is 0. The highest BCUT2D eigenvalue weighted by atomic mass is 16.2. The van der Waals surface area contributed by atoms with Crippen molar-refractivity contribution < 1.29 is 4.79 Å². The molecule has 0 aliphatic rings. The minimum absolute atomic E-state index is 0.0544. The van der Waals surface area contributed by atoms with Gasteiger partial charge in [0.25, 0.3) is 0 Å². The zero-order valence-electron chi connectivity index (χ0n) is 16.7. The lowest BCUT2D eigenvalue weighted by atomic mass is 9.92. The maximum atomic E-state index is 12.4. The summed E-state index contributed by atoms with van der Waals surface area (Å²) in [5.41, 5.74) is 1.91. The van der Waals surface area contributed by atoms with E-state index in [1.807, 2.05) is 52.0 Å². The number of hydrogen-bond acceptors (Lipinski definition) is 1. The van der Waals surface area contributed by atoms with E-state index in [0.717, 1.165) is 17.7 Å². The largest absolute Gasteiger partial charge is 0.316 e. The Morgan fingerprint density at radius 1 is 1.08 bits per heavy atom. The second-order valence-electron chi connectivity index (χ2n) is 4.82. The Morgan fingerprint density at radius 2 is 1.64 bits per heavy atom. The molecule has 25 heavy (non-hydrogen) atoms. The molecule has 0 saturated carbocycles. The smallest absolute Gasteiger partial charge is 0.227 e. The van der Waals surface area contributed by atoms with Crippen molar-refractivity contribution in [1.29, 1.82) is 0 Å². The van der Waals surface area contributed by atoms with Gasteiger partial charge < -0.3 is 4.90 Å². The molecule has 2 heteroatoms. The van der Waals surface area contributed by atoms with Gasteiger partial charge in [0.1, 0.15) is 0 Å². The Kier molecular flexibility index (Phi) is 16.4. The van der Waals surface area contributed by atoms with Gasteiger partial charge in [0.15, 0.2) is 0 Å². The van der Waals surface area contributed by atoms with E-state index in [1.165, 1.54) is 0 Å². The van der Waals surface area contributed by atoms with Crippen LogP contribution >= 0.6 is 0 Å². The predicted octanol–water partition coefficient (Wildman–Crippen LogP) is 6.50. The quantitative estimate of drug-likeness (QED) is 0.390. The number of allylic oxidation sites excluding steroid dienone is 4. The second-order valence-corrected chi connectivity index (χ2v) is 4.82. The fourth-order valence-electron chi connectivity index (χ4n) is 2.19. The fraction of sp³-hybridized carbons (Fsp3) is 0.348. The molecule has 1 rings (SSSR count). The normalized spacial score (nSPS) is 10.8. The van der Waals surface area contributed by atoms with Gasteiger partial charge in [0.05, 0.1) is 0 Å². The van der Waals surface area contributed by atoms with Gasteiger partial charge in [0, 0.05) is 19.2 Å². The SMILES string of the molecule is C=C/C=C(\C=C)N(C)C(=O)C[C@@H](CC=C)c1ccccc1.CC.CC. The fourth-order valence-corrected chi connectivity index (χ4v) is 2.19. The van der Waals surface area contributed by atoms with Crippen molar-refractivity contribution in [3.63, 3.8) is 0 Å². The van der Waals surface area contributed by atoms with Gasteiger partial charge in [-0.25, -0.2) is 0 Å². The Labute approximate surface area is 155 Å². The predicted molar refractivity (Wildman–Crippen MR) is 113 cm³/mol. The van der Waals surface area contributed by atoms with Gasteiger partial charge in [0.2, 0.25) is 5.91 Å². The van der Waals surface area contributed by atoms with Crippen molar-refractivity contribution in [2.75, 3.05) is 7.05 Å². The number of nitrogens with zero attached hydrogens (tertiary/aromatic N) is 1. The Bertz CT molecular complexity index is 528. The van der Waals surface area contributed by atoms with Crippen molar-refractivity contribution in [3.8, 4) is 0 Å². The van der Waals surface area contributed by atoms with Crippen LogP contribution in [0.4, 0.5) is 0 Å². The number of amides is 1.